The van der Waals surface area contributed by atoms with Gasteiger partial charge in [-0.1, -0.05) is 12.1 Å². The van der Waals surface area contributed by atoms with Crippen LogP contribution in [0.3, 0.4) is 0 Å². The molecule has 1 aromatic carbocycles. The van der Waals surface area contributed by atoms with Gasteiger partial charge in [0.1, 0.15) is 5.75 Å². The first-order valence-electron chi connectivity index (χ1n) is 9.22. The summed E-state index contributed by atoms with van der Waals surface area (Å²) in [4.78, 5) is 14.5. The van der Waals surface area contributed by atoms with E-state index in [4.69, 9.17) is 4.74 Å². The van der Waals surface area contributed by atoms with Crippen LogP contribution in [-0.4, -0.2) is 52.4 Å². The molecule has 7 heteroatoms. The molecule has 27 heavy (non-hydrogen) atoms. The molecule has 1 aromatic heterocycles. The zero-order valence-corrected chi connectivity index (χ0v) is 16.5. The Hall–Kier alpha value is -2.38. The predicted octanol–water partition coefficient (Wildman–Crippen LogP) is 1.97. The first-order chi connectivity index (χ1) is 12.8. The quantitative estimate of drug-likeness (QED) is 0.839. The molecule has 1 amide bonds. The van der Waals surface area contributed by atoms with Gasteiger partial charge in [0.05, 0.1) is 36.3 Å². The lowest BCUT2D eigenvalue weighted by molar-refractivity contribution is -0.118. The molecular formula is C20H28N4O3. The standard InChI is InChI=1S/C20H28N4O3/c1-14-19(15(2)23(3)22-14)21-18(25)13-24-10-8-20(26,9-11-24)16-6-5-7-17(12-16)27-4/h5-7,12,26H,8-11,13H2,1-4H3,(H,21,25). The summed E-state index contributed by atoms with van der Waals surface area (Å²) >= 11 is 0. The largest absolute Gasteiger partial charge is 0.497 e. The number of nitrogens with zero attached hydrogens (tertiary/aromatic N) is 3. The van der Waals surface area contributed by atoms with E-state index in [0.29, 0.717) is 32.5 Å². The number of piperidine rings is 1. The van der Waals surface area contributed by atoms with Gasteiger partial charge in [0.2, 0.25) is 5.91 Å². The molecule has 7 nitrogen and oxygen atoms in total. The molecule has 0 unspecified atom stereocenters. The lowest BCUT2D eigenvalue weighted by atomic mass is 9.84. The van der Waals surface area contributed by atoms with E-state index in [1.54, 1.807) is 11.8 Å². The maximum atomic E-state index is 12.4. The van der Waals surface area contributed by atoms with Crippen molar-refractivity contribution in [1.82, 2.24) is 14.7 Å². The number of amides is 1. The minimum absolute atomic E-state index is 0.0546. The number of methoxy groups -OCH3 is 1. The molecule has 0 aliphatic carbocycles. The number of aliphatic hydroxyl groups is 1. The SMILES string of the molecule is COc1cccc(C2(O)CCN(CC(=O)Nc3c(C)nn(C)c3C)CC2)c1. The lowest BCUT2D eigenvalue weighted by Gasteiger charge is -2.38. The molecule has 0 radical (unpaired) electrons. The van der Waals surface area contributed by atoms with Gasteiger partial charge in [0, 0.05) is 20.1 Å². The van der Waals surface area contributed by atoms with E-state index in [1.807, 2.05) is 45.2 Å². The number of hydrogen-bond donors (Lipinski definition) is 2. The Morgan fingerprint density at radius 1 is 1.33 bits per heavy atom. The molecule has 2 N–H and O–H groups in total. The van der Waals surface area contributed by atoms with Crippen LogP contribution in [0.25, 0.3) is 0 Å². The highest BCUT2D eigenvalue weighted by Crippen LogP contribution is 2.34. The average molecular weight is 372 g/mol. The summed E-state index contributed by atoms with van der Waals surface area (Å²) < 4.78 is 7.02. The fourth-order valence-electron chi connectivity index (χ4n) is 3.62. The molecule has 2 aromatic rings. The van der Waals surface area contributed by atoms with Crippen molar-refractivity contribution in [2.45, 2.75) is 32.3 Å². The Bertz CT molecular complexity index is 823. The third-order valence-corrected chi connectivity index (χ3v) is 5.43. The summed E-state index contributed by atoms with van der Waals surface area (Å²) in [5.41, 5.74) is 2.53. The number of benzene rings is 1. The minimum Gasteiger partial charge on any atom is -0.497 e. The van der Waals surface area contributed by atoms with Crippen molar-refractivity contribution in [2.24, 2.45) is 7.05 Å². The van der Waals surface area contributed by atoms with E-state index in [0.717, 1.165) is 28.4 Å². The number of nitrogens with one attached hydrogen (secondary N) is 1. The van der Waals surface area contributed by atoms with Gasteiger partial charge < -0.3 is 15.2 Å². The van der Waals surface area contributed by atoms with Gasteiger partial charge in [0.25, 0.3) is 0 Å². The smallest absolute Gasteiger partial charge is 0.238 e. The third kappa shape index (κ3) is 4.14. The van der Waals surface area contributed by atoms with Crippen molar-refractivity contribution in [3.63, 3.8) is 0 Å². The Balaban J connectivity index is 1.58. The summed E-state index contributed by atoms with van der Waals surface area (Å²) in [6.07, 6.45) is 1.16. The summed E-state index contributed by atoms with van der Waals surface area (Å²) in [7, 11) is 3.48. The fraction of sp³-hybridized carbons (Fsp3) is 0.500. The second-order valence-corrected chi connectivity index (χ2v) is 7.26. The van der Waals surface area contributed by atoms with Crippen LogP contribution < -0.4 is 10.1 Å². The Morgan fingerprint density at radius 2 is 2.04 bits per heavy atom. The van der Waals surface area contributed by atoms with Crippen LogP contribution in [-0.2, 0) is 17.4 Å². The third-order valence-electron chi connectivity index (χ3n) is 5.43. The highest BCUT2D eigenvalue weighted by molar-refractivity contribution is 5.93. The summed E-state index contributed by atoms with van der Waals surface area (Å²) in [5.74, 6) is 0.686. The first-order valence-corrected chi connectivity index (χ1v) is 9.22. The van der Waals surface area contributed by atoms with Crippen molar-refractivity contribution in [2.75, 3.05) is 32.1 Å². The van der Waals surface area contributed by atoms with Crippen molar-refractivity contribution < 1.29 is 14.6 Å². The van der Waals surface area contributed by atoms with Gasteiger partial charge in [-0.3, -0.25) is 14.4 Å². The van der Waals surface area contributed by atoms with Gasteiger partial charge in [-0.05, 0) is 44.4 Å². The van der Waals surface area contributed by atoms with Crippen molar-refractivity contribution in [1.29, 1.82) is 0 Å². The number of carbonyl (C=O) groups is 1. The molecule has 1 fully saturated rings. The molecule has 0 spiro atoms. The summed E-state index contributed by atoms with van der Waals surface area (Å²) in [5, 5.41) is 18.3. The average Bonchev–Trinajstić information content (AvgIpc) is 2.90. The number of likely N-dealkylation sites (tertiary alicyclic amines) is 1. The molecule has 2 heterocycles. The summed E-state index contributed by atoms with van der Waals surface area (Å²) in [6, 6.07) is 7.58. The second kappa shape index (κ2) is 7.70. The number of anilines is 1. The molecule has 0 atom stereocenters. The van der Waals surface area contributed by atoms with Crippen LogP contribution in [0.2, 0.25) is 0 Å². The highest BCUT2D eigenvalue weighted by atomic mass is 16.5. The van der Waals surface area contributed by atoms with E-state index in [2.05, 4.69) is 15.3 Å². The molecule has 1 aliphatic rings. The molecular weight excluding hydrogens is 344 g/mol. The molecule has 1 aliphatic heterocycles. The topological polar surface area (TPSA) is 79.6 Å². The van der Waals surface area contributed by atoms with Crippen LogP contribution in [0.5, 0.6) is 5.75 Å². The van der Waals surface area contributed by atoms with Crippen molar-refractivity contribution in [3.05, 3.63) is 41.2 Å². The van der Waals surface area contributed by atoms with Gasteiger partial charge in [0.15, 0.2) is 0 Å². The van der Waals surface area contributed by atoms with E-state index in [-0.39, 0.29) is 5.91 Å². The molecule has 0 saturated carbocycles. The number of aromatic nitrogens is 2. The van der Waals surface area contributed by atoms with Crippen molar-refractivity contribution >= 4 is 11.6 Å². The van der Waals surface area contributed by atoms with E-state index >= 15 is 0 Å². The van der Waals surface area contributed by atoms with Gasteiger partial charge in [-0.2, -0.15) is 5.10 Å². The Kier molecular flexibility index (Phi) is 5.53. The molecule has 0 bridgehead atoms. The van der Waals surface area contributed by atoms with Gasteiger partial charge in [-0.15, -0.1) is 0 Å². The van der Waals surface area contributed by atoms with Crippen molar-refractivity contribution in [3.8, 4) is 5.75 Å². The maximum absolute atomic E-state index is 12.4. The molecule has 3 rings (SSSR count). The summed E-state index contributed by atoms with van der Waals surface area (Å²) in [6.45, 7) is 5.45. The van der Waals surface area contributed by atoms with Crippen LogP contribution in [0.15, 0.2) is 24.3 Å². The lowest BCUT2D eigenvalue weighted by Crippen LogP contribution is -2.45. The van der Waals surface area contributed by atoms with Crippen LogP contribution >= 0.6 is 0 Å². The first kappa shape index (κ1) is 19.4. The van der Waals surface area contributed by atoms with E-state index < -0.39 is 5.60 Å². The Morgan fingerprint density at radius 3 is 2.63 bits per heavy atom. The van der Waals surface area contributed by atoms with E-state index in [9.17, 15) is 9.90 Å². The van der Waals surface area contributed by atoms with Crippen LogP contribution in [0, 0.1) is 13.8 Å². The predicted molar refractivity (Wildman–Crippen MR) is 104 cm³/mol. The normalized spacial score (nSPS) is 16.9. The fourth-order valence-corrected chi connectivity index (χ4v) is 3.62. The Labute approximate surface area is 159 Å². The number of rotatable bonds is 5. The van der Waals surface area contributed by atoms with Gasteiger partial charge in [-0.25, -0.2) is 0 Å². The molecule has 146 valence electrons. The zero-order chi connectivity index (χ0) is 19.6. The van der Waals surface area contributed by atoms with Crippen LogP contribution in [0.4, 0.5) is 5.69 Å². The van der Waals surface area contributed by atoms with E-state index in [1.165, 1.54) is 0 Å². The second-order valence-electron chi connectivity index (χ2n) is 7.26. The number of carbonyl (C=O) groups excluding carboxylic acids is 1. The highest BCUT2D eigenvalue weighted by Gasteiger charge is 2.34. The van der Waals surface area contributed by atoms with Gasteiger partial charge >= 0.3 is 0 Å². The zero-order valence-electron chi connectivity index (χ0n) is 16.5. The van der Waals surface area contributed by atoms with Crippen LogP contribution in [0.1, 0.15) is 29.8 Å². The minimum atomic E-state index is -0.877. The maximum Gasteiger partial charge on any atom is 0.238 e. The number of ether oxygens (including phenoxy) is 1. The number of aryl methyl sites for hydroxylation is 2. The molecule has 1 saturated heterocycles. The number of hydrogen-bond acceptors (Lipinski definition) is 5. The monoisotopic (exact) mass is 372 g/mol.